The Morgan fingerprint density at radius 1 is 1.47 bits per heavy atom. The fourth-order valence-electron chi connectivity index (χ4n) is 1.36. The number of halogens is 1. The smallest absolute Gasteiger partial charge is 0.254 e. The van der Waals surface area contributed by atoms with Gasteiger partial charge in [-0.2, -0.15) is 0 Å². The first-order valence-electron chi connectivity index (χ1n) is 5.67. The van der Waals surface area contributed by atoms with Crippen molar-refractivity contribution in [3.63, 3.8) is 0 Å². The SMILES string of the molecule is CCN(C)C(=O)c1cc(OC(C)C)ccc1Br. The Balaban J connectivity index is 3.02. The zero-order valence-corrected chi connectivity index (χ0v) is 12.2. The van der Waals surface area contributed by atoms with Gasteiger partial charge in [0.25, 0.3) is 5.91 Å². The number of rotatable bonds is 4. The molecule has 94 valence electrons. The number of hydrogen-bond donors (Lipinski definition) is 0. The molecule has 0 bridgehead atoms. The summed E-state index contributed by atoms with van der Waals surface area (Å²) in [4.78, 5) is 13.7. The standard InChI is InChI=1S/C13H18BrNO2/c1-5-15(4)13(16)11-8-10(17-9(2)3)6-7-12(11)14/h6-9H,5H2,1-4H3. The lowest BCUT2D eigenvalue weighted by atomic mass is 10.2. The predicted molar refractivity (Wildman–Crippen MR) is 72.5 cm³/mol. The van der Waals surface area contributed by atoms with Crippen LogP contribution in [0.5, 0.6) is 5.75 Å². The summed E-state index contributed by atoms with van der Waals surface area (Å²) < 4.78 is 6.37. The van der Waals surface area contributed by atoms with E-state index in [-0.39, 0.29) is 12.0 Å². The zero-order valence-electron chi connectivity index (χ0n) is 10.7. The molecule has 1 aromatic rings. The Labute approximate surface area is 111 Å². The molecule has 0 aliphatic carbocycles. The average molecular weight is 300 g/mol. The first-order chi connectivity index (χ1) is 7.95. The fourth-order valence-corrected chi connectivity index (χ4v) is 1.78. The number of hydrogen-bond acceptors (Lipinski definition) is 2. The van der Waals surface area contributed by atoms with E-state index in [0.29, 0.717) is 12.1 Å². The first kappa shape index (κ1) is 14.0. The number of carbonyl (C=O) groups is 1. The molecule has 0 saturated heterocycles. The van der Waals surface area contributed by atoms with Gasteiger partial charge in [-0.25, -0.2) is 0 Å². The van der Waals surface area contributed by atoms with E-state index in [9.17, 15) is 4.79 Å². The molecule has 0 radical (unpaired) electrons. The molecule has 0 aromatic heterocycles. The van der Waals surface area contributed by atoms with Crippen LogP contribution in [0.25, 0.3) is 0 Å². The molecule has 3 nitrogen and oxygen atoms in total. The number of carbonyl (C=O) groups excluding carboxylic acids is 1. The van der Waals surface area contributed by atoms with Crippen LogP contribution in [-0.2, 0) is 0 Å². The summed E-state index contributed by atoms with van der Waals surface area (Å²) in [6.45, 7) is 6.55. The molecule has 1 rings (SSSR count). The second-order valence-corrected chi connectivity index (χ2v) is 4.98. The van der Waals surface area contributed by atoms with E-state index in [4.69, 9.17) is 4.74 Å². The molecule has 0 unspecified atom stereocenters. The quantitative estimate of drug-likeness (QED) is 0.853. The van der Waals surface area contributed by atoms with Crippen molar-refractivity contribution in [2.75, 3.05) is 13.6 Å². The number of ether oxygens (including phenoxy) is 1. The summed E-state index contributed by atoms with van der Waals surface area (Å²) in [5.41, 5.74) is 0.632. The minimum atomic E-state index is -0.00594. The van der Waals surface area contributed by atoms with Gasteiger partial charge in [-0.3, -0.25) is 4.79 Å². The molecule has 4 heteroatoms. The molecule has 0 N–H and O–H groups in total. The van der Waals surface area contributed by atoms with Gasteiger partial charge in [-0.15, -0.1) is 0 Å². The van der Waals surface area contributed by atoms with Crippen molar-refractivity contribution in [2.45, 2.75) is 26.9 Å². The maximum Gasteiger partial charge on any atom is 0.254 e. The van der Waals surface area contributed by atoms with Crippen LogP contribution in [-0.4, -0.2) is 30.5 Å². The maximum atomic E-state index is 12.1. The van der Waals surface area contributed by atoms with E-state index in [2.05, 4.69) is 15.9 Å². The number of benzene rings is 1. The summed E-state index contributed by atoms with van der Waals surface area (Å²) in [6.07, 6.45) is 0.100. The summed E-state index contributed by atoms with van der Waals surface area (Å²) in [5.74, 6) is 0.713. The second kappa shape index (κ2) is 6.05. The van der Waals surface area contributed by atoms with E-state index < -0.39 is 0 Å². The van der Waals surface area contributed by atoms with E-state index in [0.717, 1.165) is 10.2 Å². The van der Waals surface area contributed by atoms with Gasteiger partial charge in [0.2, 0.25) is 0 Å². The number of amides is 1. The van der Waals surface area contributed by atoms with Crippen LogP contribution < -0.4 is 4.74 Å². The highest BCUT2D eigenvalue weighted by atomic mass is 79.9. The lowest BCUT2D eigenvalue weighted by molar-refractivity contribution is 0.0801. The van der Waals surface area contributed by atoms with Crippen LogP contribution in [0.2, 0.25) is 0 Å². The van der Waals surface area contributed by atoms with Crippen molar-refractivity contribution in [1.82, 2.24) is 4.90 Å². The number of nitrogens with zero attached hydrogens (tertiary/aromatic N) is 1. The monoisotopic (exact) mass is 299 g/mol. The minimum absolute atomic E-state index is 0.00594. The molecule has 17 heavy (non-hydrogen) atoms. The van der Waals surface area contributed by atoms with Gasteiger partial charge in [-0.1, -0.05) is 0 Å². The fraction of sp³-hybridized carbons (Fsp3) is 0.462. The Kier molecular flexibility index (Phi) is 5.00. The van der Waals surface area contributed by atoms with Crippen molar-refractivity contribution < 1.29 is 9.53 Å². The Morgan fingerprint density at radius 3 is 2.65 bits per heavy atom. The van der Waals surface area contributed by atoms with Crippen LogP contribution in [0.15, 0.2) is 22.7 Å². The normalized spacial score (nSPS) is 10.5. The topological polar surface area (TPSA) is 29.5 Å². The highest BCUT2D eigenvalue weighted by Gasteiger charge is 2.14. The molecule has 0 spiro atoms. The zero-order chi connectivity index (χ0) is 13.0. The van der Waals surface area contributed by atoms with E-state index in [1.807, 2.05) is 32.9 Å². The summed E-state index contributed by atoms with van der Waals surface area (Å²) in [6, 6.07) is 5.47. The summed E-state index contributed by atoms with van der Waals surface area (Å²) in [7, 11) is 1.78. The maximum absolute atomic E-state index is 12.1. The molecule has 0 atom stereocenters. The molecule has 1 aromatic carbocycles. The van der Waals surface area contributed by atoms with Crippen molar-refractivity contribution >= 4 is 21.8 Å². The van der Waals surface area contributed by atoms with Crippen LogP contribution in [0.3, 0.4) is 0 Å². The van der Waals surface area contributed by atoms with Gasteiger partial charge in [0.05, 0.1) is 11.7 Å². The Bertz CT molecular complexity index is 404. The molecule has 0 saturated carbocycles. The third-order valence-corrected chi connectivity index (χ3v) is 3.05. The highest BCUT2D eigenvalue weighted by Crippen LogP contribution is 2.24. The van der Waals surface area contributed by atoms with Gasteiger partial charge >= 0.3 is 0 Å². The largest absolute Gasteiger partial charge is 0.491 e. The Morgan fingerprint density at radius 2 is 2.12 bits per heavy atom. The third-order valence-electron chi connectivity index (χ3n) is 2.36. The predicted octanol–water partition coefficient (Wildman–Crippen LogP) is 3.33. The first-order valence-corrected chi connectivity index (χ1v) is 6.46. The molecular weight excluding hydrogens is 282 g/mol. The van der Waals surface area contributed by atoms with Crippen LogP contribution >= 0.6 is 15.9 Å². The molecule has 1 amide bonds. The van der Waals surface area contributed by atoms with Gasteiger partial charge in [-0.05, 0) is 54.9 Å². The second-order valence-electron chi connectivity index (χ2n) is 4.13. The van der Waals surface area contributed by atoms with E-state index in [1.165, 1.54) is 0 Å². The van der Waals surface area contributed by atoms with Gasteiger partial charge in [0.15, 0.2) is 0 Å². The van der Waals surface area contributed by atoms with Crippen LogP contribution in [0.4, 0.5) is 0 Å². The third kappa shape index (κ3) is 3.73. The average Bonchev–Trinajstić information content (AvgIpc) is 2.29. The molecular formula is C13H18BrNO2. The summed E-state index contributed by atoms with van der Waals surface area (Å²) >= 11 is 3.39. The molecule has 0 aliphatic rings. The van der Waals surface area contributed by atoms with Crippen LogP contribution in [0, 0.1) is 0 Å². The van der Waals surface area contributed by atoms with Crippen molar-refractivity contribution in [1.29, 1.82) is 0 Å². The molecule has 0 aliphatic heterocycles. The van der Waals surface area contributed by atoms with Crippen molar-refractivity contribution in [3.8, 4) is 5.75 Å². The van der Waals surface area contributed by atoms with Gasteiger partial charge in [0, 0.05) is 18.1 Å². The lowest BCUT2D eigenvalue weighted by Crippen LogP contribution is -2.26. The van der Waals surface area contributed by atoms with E-state index in [1.54, 1.807) is 18.0 Å². The molecule has 0 heterocycles. The van der Waals surface area contributed by atoms with Crippen molar-refractivity contribution in [3.05, 3.63) is 28.2 Å². The lowest BCUT2D eigenvalue weighted by Gasteiger charge is -2.17. The summed E-state index contributed by atoms with van der Waals surface area (Å²) in [5, 5.41) is 0. The minimum Gasteiger partial charge on any atom is -0.491 e. The van der Waals surface area contributed by atoms with Gasteiger partial charge < -0.3 is 9.64 Å². The highest BCUT2D eigenvalue weighted by molar-refractivity contribution is 9.10. The van der Waals surface area contributed by atoms with Gasteiger partial charge in [0.1, 0.15) is 5.75 Å². The van der Waals surface area contributed by atoms with Crippen LogP contribution in [0.1, 0.15) is 31.1 Å². The molecule has 0 fully saturated rings. The van der Waals surface area contributed by atoms with E-state index >= 15 is 0 Å². The Hall–Kier alpha value is -1.03. The van der Waals surface area contributed by atoms with Crippen molar-refractivity contribution in [2.24, 2.45) is 0 Å².